The van der Waals surface area contributed by atoms with Crippen LogP contribution in [-0.2, 0) is 6.42 Å². The topological polar surface area (TPSA) is 78.0 Å². The Kier molecular flexibility index (Phi) is 8.78. The van der Waals surface area contributed by atoms with E-state index in [1.807, 2.05) is 36.4 Å². The normalized spacial score (nSPS) is 16.4. The third-order valence-corrected chi connectivity index (χ3v) is 5.62. The molecule has 0 aliphatic carbocycles. The number of ether oxygens (including phenoxy) is 1. The van der Waals surface area contributed by atoms with Crippen LogP contribution in [0, 0.1) is 0 Å². The fourth-order valence-electron chi connectivity index (χ4n) is 4.03. The quantitative estimate of drug-likeness (QED) is 0.437. The van der Waals surface area contributed by atoms with E-state index >= 15 is 0 Å². The van der Waals surface area contributed by atoms with E-state index < -0.39 is 0 Å². The second-order valence-corrected chi connectivity index (χ2v) is 7.89. The predicted molar refractivity (Wildman–Crippen MR) is 131 cm³/mol. The molecule has 0 spiro atoms. The first-order valence-corrected chi connectivity index (χ1v) is 11.4. The van der Waals surface area contributed by atoms with Crippen LogP contribution < -0.4 is 25.6 Å². The summed E-state index contributed by atoms with van der Waals surface area (Å²) in [6.45, 7) is 5.45. The van der Waals surface area contributed by atoms with Crippen LogP contribution in [0.15, 0.2) is 53.5 Å². The van der Waals surface area contributed by atoms with Gasteiger partial charge in [-0.1, -0.05) is 24.3 Å². The highest BCUT2D eigenvalue weighted by molar-refractivity contribution is 5.94. The zero-order valence-electron chi connectivity index (χ0n) is 19.4. The molecule has 0 saturated carbocycles. The van der Waals surface area contributed by atoms with Crippen LogP contribution >= 0.6 is 0 Å². The molecule has 1 saturated heterocycles. The molecule has 2 aromatic rings. The molecule has 2 aromatic carbocycles. The Morgan fingerprint density at radius 2 is 2.06 bits per heavy atom. The van der Waals surface area contributed by atoms with E-state index in [0.29, 0.717) is 18.2 Å². The molecule has 1 amide bonds. The number of carbonyl (C=O) groups excluding carboxylic acids is 1. The molecule has 1 aliphatic rings. The van der Waals surface area contributed by atoms with Crippen LogP contribution in [0.1, 0.15) is 35.7 Å². The minimum atomic E-state index is -0.0674. The van der Waals surface area contributed by atoms with Gasteiger partial charge in [0, 0.05) is 44.8 Å². The number of nitrogens with zero attached hydrogens (tertiary/aromatic N) is 2. The number of aliphatic imine (C=N–C) groups is 1. The lowest BCUT2D eigenvalue weighted by atomic mass is 10.0. The summed E-state index contributed by atoms with van der Waals surface area (Å²) in [4.78, 5) is 19.0. The minimum Gasteiger partial charge on any atom is -0.495 e. The Balaban J connectivity index is 1.60. The predicted octanol–water partition coefficient (Wildman–Crippen LogP) is 2.82. The van der Waals surface area contributed by atoms with E-state index in [4.69, 9.17) is 9.73 Å². The molecule has 3 rings (SSSR count). The largest absolute Gasteiger partial charge is 0.495 e. The molecule has 7 nitrogen and oxygen atoms in total. The van der Waals surface area contributed by atoms with Gasteiger partial charge in [0.1, 0.15) is 5.75 Å². The molecule has 7 heteroatoms. The third kappa shape index (κ3) is 6.39. The maximum Gasteiger partial charge on any atom is 0.251 e. The minimum absolute atomic E-state index is 0.0674. The molecule has 1 unspecified atom stereocenters. The molecule has 0 aromatic heterocycles. The monoisotopic (exact) mass is 437 g/mol. The Morgan fingerprint density at radius 1 is 1.22 bits per heavy atom. The number of hydrogen-bond donors (Lipinski definition) is 3. The second kappa shape index (κ2) is 12.0. The van der Waals surface area contributed by atoms with Crippen molar-refractivity contribution in [1.82, 2.24) is 16.0 Å². The van der Waals surface area contributed by atoms with Crippen LogP contribution in [-0.4, -0.2) is 58.2 Å². The summed E-state index contributed by atoms with van der Waals surface area (Å²) in [5.74, 6) is 1.68. The maximum atomic E-state index is 11.9. The smallest absolute Gasteiger partial charge is 0.251 e. The third-order valence-electron chi connectivity index (χ3n) is 5.62. The first kappa shape index (κ1) is 23.4. The number of benzene rings is 2. The molecule has 1 atom stereocenters. The number of amides is 1. The van der Waals surface area contributed by atoms with Crippen molar-refractivity contribution in [2.75, 3.05) is 45.2 Å². The maximum absolute atomic E-state index is 11.9. The number of carbonyl (C=O) groups is 1. The van der Waals surface area contributed by atoms with Gasteiger partial charge in [0.2, 0.25) is 0 Å². The first-order valence-electron chi connectivity index (χ1n) is 11.4. The van der Waals surface area contributed by atoms with Crippen molar-refractivity contribution < 1.29 is 9.53 Å². The van der Waals surface area contributed by atoms with Crippen molar-refractivity contribution in [3.63, 3.8) is 0 Å². The Morgan fingerprint density at radius 3 is 2.84 bits per heavy atom. The van der Waals surface area contributed by atoms with Crippen molar-refractivity contribution in [3.8, 4) is 5.75 Å². The number of anilines is 1. The Hall–Kier alpha value is -3.22. The molecular weight excluding hydrogens is 402 g/mol. The van der Waals surface area contributed by atoms with Crippen LogP contribution in [0.3, 0.4) is 0 Å². The van der Waals surface area contributed by atoms with Gasteiger partial charge in [-0.2, -0.15) is 0 Å². The molecule has 172 valence electrons. The van der Waals surface area contributed by atoms with E-state index in [-0.39, 0.29) is 5.91 Å². The van der Waals surface area contributed by atoms with Gasteiger partial charge < -0.3 is 25.6 Å². The molecule has 0 bridgehead atoms. The van der Waals surface area contributed by atoms with Gasteiger partial charge in [0.25, 0.3) is 5.91 Å². The van der Waals surface area contributed by atoms with E-state index in [2.05, 4.69) is 39.9 Å². The number of rotatable bonds is 8. The van der Waals surface area contributed by atoms with Gasteiger partial charge in [0.15, 0.2) is 5.96 Å². The number of nitrogens with one attached hydrogen (secondary N) is 3. The van der Waals surface area contributed by atoms with Gasteiger partial charge in [-0.25, -0.2) is 0 Å². The number of para-hydroxylation sites is 2. The van der Waals surface area contributed by atoms with Crippen molar-refractivity contribution in [3.05, 3.63) is 59.7 Å². The van der Waals surface area contributed by atoms with Crippen LogP contribution in [0.5, 0.6) is 5.75 Å². The molecule has 0 radical (unpaired) electrons. The highest BCUT2D eigenvalue weighted by atomic mass is 16.5. The average molecular weight is 438 g/mol. The standard InChI is InChI=1S/C25H35N5O2/c1-4-27-25(28-15-14-19-9-7-10-20(17-19)24(31)26-2)29-21-11-8-16-30(18-21)22-12-5-6-13-23(22)32-3/h5-7,9-10,12-13,17,21H,4,8,11,14-16,18H2,1-3H3,(H,26,31)(H2,27,28,29). The molecule has 32 heavy (non-hydrogen) atoms. The van der Waals surface area contributed by atoms with E-state index in [0.717, 1.165) is 61.9 Å². The molecular formula is C25H35N5O2. The number of methoxy groups -OCH3 is 1. The van der Waals surface area contributed by atoms with Crippen LogP contribution in [0.4, 0.5) is 5.69 Å². The Labute approximate surface area is 191 Å². The zero-order valence-corrected chi connectivity index (χ0v) is 19.4. The van der Waals surface area contributed by atoms with Gasteiger partial charge in [-0.15, -0.1) is 0 Å². The average Bonchev–Trinajstić information content (AvgIpc) is 2.84. The van der Waals surface area contributed by atoms with Gasteiger partial charge >= 0.3 is 0 Å². The highest BCUT2D eigenvalue weighted by Crippen LogP contribution is 2.29. The lowest BCUT2D eigenvalue weighted by Crippen LogP contribution is -2.51. The Bertz CT molecular complexity index is 915. The molecule has 1 heterocycles. The van der Waals surface area contributed by atoms with E-state index in [9.17, 15) is 4.79 Å². The number of hydrogen-bond acceptors (Lipinski definition) is 4. The molecule has 1 aliphatic heterocycles. The molecule has 3 N–H and O–H groups in total. The fraction of sp³-hybridized carbons (Fsp3) is 0.440. The summed E-state index contributed by atoms with van der Waals surface area (Å²) in [5.41, 5.74) is 2.92. The lowest BCUT2D eigenvalue weighted by Gasteiger charge is -2.36. The zero-order chi connectivity index (χ0) is 22.8. The summed E-state index contributed by atoms with van der Waals surface area (Å²) >= 11 is 0. The summed E-state index contributed by atoms with van der Waals surface area (Å²) in [6, 6.07) is 16.2. The second-order valence-electron chi connectivity index (χ2n) is 7.89. The van der Waals surface area contributed by atoms with Gasteiger partial charge in [0.05, 0.1) is 12.8 Å². The number of guanidine groups is 1. The van der Waals surface area contributed by atoms with Crippen molar-refractivity contribution in [2.24, 2.45) is 4.99 Å². The molecule has 1 fully saturated rings. The van der Waals surface area contributed by atoms with E-state index in [1.54, 1.807) is 14.2 Å². The van der Waals surface area contributed by atoms with Gasteiger partial charge in [-0.3, -0.25) is 9.79 Å². The SMILES string of the molecule is CCNC(=NCCc1cccc(C(=O)NC)c1)NC1CCCN(c2ccccc2OC)C1. The van der Waals surface area contributed by atoms with Crippen LogP contribution in [0.2, 0.25) is 0 Å². The summed E-state index contributed by atoms with van der Waals surface area (Å²) < 4.78 is 5.56. The summed E-state index contributed by atoms with van der Waals surface area (Å²) in [5, 5.41) is 9.64. The van der Waals surface area contributed by atoms with Crippen molar-refractivity contribution in [2.45, 2.75) is 32.2 Å². The van der Waals surface area contributed by atoms with Crippen molar-refractivity contribution in [1.29, 1.82) is 0 Å². The van der Waals surface area contributed by atoms with E-state index in [1.165, 1.54) is 0 Å². The summed E-state index contributed by atoms with van der Waals surface area (Å²) in [7, 11) is 3.37. The van der Waals surface area contributed by atoms with Crippen LogP contribution in [0.25, 0.3) is 0 Å². The van der Waals surface area contributed by atoms with Gasteiger partial charge in [-0.05, 0) is 56.0 Å². The van der Waals surface area contributed by atoms with Crippen molar-refractivity contribution >= 4 is 17.6 Å². The number of piperidine rings is 1. The fourth-order valence-corrected chi connectivity index (χ4v) is 4.03. The summed E-state index contributed by atoms with van der Waals surface area (Å²) in [6.07, 6.45) is 2.99. The first-order chi connectivity index (χ1) is 15.6. The lowest BCUT2D eigenvalue weighted by molar-refractivity contribution is 0.0963. The highest BCUT2D eigenvalue weighted by Gasteiger charge is 2.22.